The molecule has 0 fully saturated rings. The van der Waals surface area contributed by atoms with Crippen LogP contribution in [0.3, 0.4) is 0 Å². The van der Waals surface area contributed by atoms with Crippen LogP contribution in [0.25, 0.3) is 16.9 Å². The second-order valence-electron chi connectivity index (χ2n) is 4.59. The highest BCUT2D eigenvalue weighted by Gasteiger charge is 2.14. The minimum atomic E-state index is -0.891. The van der Waals surface area contributed by atoms with E-state index in [9.17, 15) is 9.90 Å². The van der Waals surface area contributed by atoms with Gasteiger partial charge in [-0.05, 0) is 24.3 Å². The van der Waals surface area contributed by atoms with Crippen LogP contribution >= 0.6 is 15.9 Å². The number of nitrogens with zero attached hydrogens (tertiary/aromatic N) is 2. The van der Waals surface area contributed by atoms with Crippen LogP contribution in [0.15, 0.2) is 47.1 Å². The number of aliphatic hydroxyl groups is 1. The molecule has 3 N–H and O–H groups in total. The summed E-state index contributed by atoms with van der Waals surface area (Å²) >= 11 is 3.39. The summed E-state index contributed by atoms with van der Waals surface area (Å²) in [5.41, 5.74) is 7.81. The number of aliphatic hydroxyl groups excluding tert-OH is 1. The van der Waals surface area contributed by atoms with Gasteiger partial charge in [-0.1, -0.05) is 28.1 Å². The molecule has 22 heavy (non-hydrogen) atoms. The maximum absolute atomic E-state index is 10.8. The number of hydrogen-bond acceptors (Lipinski definition) is 4. The first-order chi connectivity index (χ1) is 10.6. The smallest absolute Gasteiger partial charge is 0.409 e. The minimum absolute atomic E-state index is 0.202. The lowest BCUT2D eigenvalue weighted by molar-refractivity contribution is 0.210. The number of aromatic nitrogens is 2. The maximum atomic E-state index is 10.8. The standard InChI is InChI=1S/C15H12BrN3O3/c16-10-3-1-9(2-4-10)14-12(8-20)19-7-11(22-15(17)21)5-6-13(19)18-14/h1-7,20H,8H2,(H2,17,21). The van der Waals surface area contributed by atoms with E-state index in [0.717, 1.165) is 10.0 Å². The first-order valence-corrected chi connectivity index (χ1v) is 7.23. The molecule has 0 radical (unpaired) electrons. The summed E-state index contributed by atoms with van der Waals surface area (Å²) in [6.07, 6.45) is 0.680. The van der Waals surface area contributed by atoms with Crippen molar-refractivity contribution >= 4 is 27.7 Å². The number of carbonyl (C=O) groups is 1. The molecule has 1 aromatic carbocycles. The minimum Gasteiger partial charge on any atom is -0.409 e. The first kappa shape index (κ1) is 14.6. The van der Waals surface area contributed by atoms with E-state index in [1.54, 1.807) is 22.7 Å². The maximum Gasteiger partial charge on any atom is 0.410 e. The number of rotatable bonds is 3. The van der Waals surface area contributed by atoms with Gasteiger partial charge < -0.3 is 15.6 Å². The van der Waals surface area contributed by atoms with Crippen molar-refractivity contribution < 1.29 is 14.6 Å². The van der Waals surface area contributed by atoms with E-state index >= 15 is 0 Å². The van der Waals surface area contributed by atoms with Gasteiger partial charge in [-0.2, -0.15) is 0 Å². The number of nitrogens with two attached hydrogens (primary N) is 1. The van der Waals surface area contributed by atoms with E-state index in [4.69, 9.17) is 10.5 Å². The third-order valence-corrected chi connectivity index (χ3v) is 3.70. The molecular formula is C15H12BrN3O3. The molecule has 3 rings (SSSR count). The summed E-state index contributed by atoms with van der Waals surface area (Å²) in [7, 11) is 0. The van der Waals surface area contributed by atoms with Gasteiger partial charge in [0.1, 0.15) is 11.4 Å². The second-order valence-corrected chi connectivity index (χ2v) is 5.50. The van der Waals surface area contributed by atoms with Crippen LogP contribution < -0.4 is 10.5 Å². The van der Waals surface area contributed by atoms with Crippen molar-refractivity contribution in [2.45, 2.75) is 6.61 Å². The van der Waals surface area contributed by atoms with Gasteiger partial charge in [-0.25, -0.2) is 9.78 Å². The van der Waals surface area contributed by atoms with Gasteiger partial charge in [0, 0.05) is 10.0 Å². The van der Waals surface area contributed by atoms with Gasteiger partial charge >= 0.3 is 6.09 Å². The molecule has 7 heteroatoms. The molecule has 1 amide bonds. The second kappa shape index (κ2) is 5.78. The van der Waals surface area contributed by atoms with E-state index in [2.05, 4.69) is 20.9 Å². The molecule has 0 aliphatic rings. The summed E-state index contributed by atoms with van der Waals surface area (Å²) < 4.78 is 7.49. The highest BCUT2D eigenvalue weighted by molar-refractivity contribution is 9.10. The monoisotopic (exact) mass is 361 g/mol. The van der Waals surface area contributed by atoms with Crippen LogP contribution in [-0.4, -0.2) is 20.6 Å². The Morgan fingerprint density at radius 1 is 1.27 bits per heavy atom. The molecule has 2 heterocycles. The van der Waals surface area contributed by atoms with Crippen molar-refractivity contribution in [3.05, 3.63) is 52.8 Å². The molecule has 0 aliphatic heterocycles. The summed E-state index contributed by atoms with van der Waals surface area (Å²) in [6, 6.07) is 10.9. The SMILES string of the molecule is NC(=O)Oc1ccc2nc(-c3ccc(Br)cc3)c(CO)n2c1. The molecule has 3 aromatic rings. The number of halogens is 1. The number of imidazole rings is 1. The average molecular weight is 362 g/mol. The predicted octanol–water partition coefficient (Wildman–Crippen LogP) is 2.71. The third-order valence-electron chi connectivity index (χ3n) is 3.18. The molecule has 0 atom stereocenters. The van der Waals surface area contributed by atoms with E-state index in [1.807, 2.05) is 24.3 Å². The first-order valence-electron chi connectivity index (χ1n) is 6.43. The number of primary amides is 1. The fourth-order valence-electron chi connectivity index (χ4n) is 2.24. The van der Waals surface area contributed by atoms with Gasteiger partial charge in [0.25, 0.3) is 0 Å². The summed E-state index contributed by atoms with van der Waals surface area (Å²) in [6.45, 7) is -0.202. The fraction of sp³-hybridized carbons (Fsp3) is 0.0667. The molecule has 0 unspecified atom stereocenters. The van der Waals surface area contributed by atoms with E-state index in [0.29, 0.717) is 17.0 Å². The quantitative estimate of drug-likeness (QED) is 0.750. The van der Waals surface area contributed by atoms with Crippen molar-refractivity contribution in [3.8, 4) is 17.0 Å². The van der Waals surface area contributed by atoms with Crippen molar-refractivity contribution in [2.75, 3.05) is 0 Å². The summed E-state index contributed by atoms with van der Waals surface area (Å²) in [5.74, 6) is 0.287. The number of fused-ring (bicyclic) bond motifs is 1. The Bertz CT molecular complexity index is 843. The molecule has 0 saturated heterocycles. The van der Waals surface area contributed by atoms with Gasteiger partial charge in [0.2, 0.25) is 0 Å². The van der Waals surface area contributed by atoms with Crippen LogP contribution in [0.4, 0.5) is 4.79 Å². The van der Waals surface area contributed by atoms with Crippen LogP contribution in [0, 0.1) is 0 Å². The van der Waals surface area contributed by atoms with E-state index in [-0.39, 0.29) is 12.4 Å². The number of amides is 1. The largest absolute Gasteiger partial charge is 0.410 e. The Morgan fingerprint density at radius 2 is 2.00 bits per heavy atom. The van der Waals surface area contributed by atoms with Crippen molar-refractivity contribution in [1.82, 2.24) is 9.38 Å². The lowest BCUT2D eigenvalue weighted by Gasteiger charge is -2.04. The Morgan fingerprint density at radius 3 is 2.64 bits per heavy atom. The molecule has 112 valence electrons. The van der Waals surface area contributed by atoms with Crippen LogP contribution in [0.5, 0.6) is 5.75 Å². The van der Waals surface area contributed by atoms with Crippen molar-refractivity contribution in [3.63, 3.8) is 0 Å². The molecule has 0 spiro atoms. The third kappa shape index (κ3) is 2.68. The molecule has 6 nitrogen and oxygen atoms in total. The Balaban J connectivity index is 2.15. The number of hydrogen-bond donors (Lipinski definition) is 2. The predicted molar refractivity (Wildman–Crippen MR) is 84.5 cm³/mol. The zero-order chi connectivity index (χ0) is 15.7. The average Bonchev–Trinajstić information content (AvgIpc) is 2.85. The number of pyridine rings is 1. The Hall–Kier alpha value is -2.38. The number of carbonyl (C=O) groups excluding carboxylic acids is 1. The highest BCUT2D eigenvalue weighted by Crippen LogP contribution is 2.27. The normalized spacial score (nSPS) is 10.8. The van der Waals surface area contributed by atoms with Gasteiger partial charge in [-0.3, -0.25) is 4.40 Å². The molecule has 2 aromatic heterocycles. The van der Waals surface area contributed by atoms with Crippen molar-refractivity contribution in [1.29, 1.82) is 0 Å². The molecule has 0 bridgehead atoms. The van der Waals surface area contributed by atoms with E-state index < -0.39 is 6.09 Å². The molecule has 0 aliphatic carbocycles. The lowest BCUT2D eigenvalue weighted by Crippen LogP contribution is -2.16. The van der Waals surface area contributed by atoms with E-state index in [1.165, 1.54) is 0 Å². The van der Waals surface area contributed by atoms with Gasteiger partial charge in [0.15, 0.2) is 0 Å². The Labute approximate surface area is 134 Å². The Kier molecular flexibility index (Phi) is 3.82. The van der Waals surface area contributed by atoms with Crippen LogP contribution in [0.2, 0.25) is 0 Å². The van der Waals surface area contributed by atoms with Gasteiger partial charge in [0.05, 0.1) is 24.2 Å². The van der Waals surface area contributed by atoms with Crippen LogP contribution in [0.1, 0.15) is 5.69 Å². The van der Waals surface area contributed by atoms with Gasteiger partial charge in [-0.15, -0.1) is 0 Å². The molecular weight excluding hydrogens is 350 g/mol. The zero-order valence-corrected chi connectivity index (χ0v) is 12.9. The topological polar surface area (TPSA) is 89.9 Å². The highest BCUT2D eigenvalue weighted by atomic mass is 79.9. The number of ether oxygens (including phenoxy) is 1. The summed E-state index contributed by atoms with van der Waals surface area (Å²) in [4.78, 5) is 15.4. The molecule has 0 saturated carbocycles. The summed E-state index contributed by atoms with van der Waals surface area (Å²) in [5, 5.41) is 9.69. The lowest BCUT2D eigenvalue weighted by atomic mass is 10.1. The van der Waals surface area contributed by atoms with Crippen LogP contribution in [-0.2, 0) is 6.61 Å². The fourth-order valence-corrected chi connectivity index (χ4v) is 2.50. The number of benzene rings is 1. The van der Waals surface area contributed by atoms with Crippen molar-refractivity contribution in [2.24, 2.45) is 5.73 Å². The zero-order valence-electron chi connectivity index (χ0n) is 11.4.